The van der Waals surface area contributed by atoms with Crippen LogP contribution in [0.2, 0.25) is 0 Å². The third-order valence-corrected chi connectivity index (χ3v) is 9.07. The third-order valence-electron chi connectivity index (χ3n) is 7.18. The van der Waals surface area contributed by atoms with Crippen molar-refractivity contribution in [3.8, 4) is 17.2 Å². The Morgan fingerprint density at radius 2 is 1.52 bits per heavy atom. The van der Waals surface area contributed by atoms with E-state index in [-0.39, 0.29) is 18.1 Å². The van der Waals surface area contributed by atoms with E-state index in [1.165, 1.54) is 69.1 Å². The fourth-order valence-electron chi connectivity index (χ4n) is 5.00. The Bertz CT molecular complexity index is 1140. The van der Waals surface area contributed by atoms with Crippen molar-refractivity contribution in [2.75, 3.05) is 19.6 Å². The average molecular weight is 620 g/mol. The summed E-state index contributed by atoms with van der Waals surface area (Å²) < 4.78 is 35.4. The number of ether oxygens (including phenoxy) is 2. The number of phosphoric ester groups is 1. The number of nitrogens with zero attached hydrogens (tertiary/aromatic N) is 1. The molecular weight excluding hydrogens is 569 g/mol. The molecule has 7 nitrogen and oxygen atoms in total. The van der Waals surface area contributed by atoms with Gasteiger partial charge in [0.25, 0.3) is 0 Å². The SMILES string of the molecule is CCCCCCCCCCCCCCOc1cccc(OP(=O)(O)Oc2cccc(CN3C=C(C)SC3)c2)c1COC. The van der Waals surface area contributed by atoms with E-state index in [4.69, 9.17) is 18.5 Å². The molecule has 0 spiro atoms. The Labute approximate surface area is 257 Å². The number of benzene rings is 2. The number of methoxy groups -OCH3 is 1. The van der Waals surface area contributed by atoms with Crippen molar-refractivity contribution in [3.05, 3.63) is 64.7 Å². The minimum absolute atomic E-state index is 0.181. The first-order chi connectivity index (χ1) is 20.4. The predicted octanol–water partition coefficient (Wildman–Crippen LogP) is 9.84. The molecular formula is C33H50NO6PS. The molecule has 0 saturated carbocycles. The summed E-state index contributed by atoms with van der Waals surface area (Å²) in [5.41, 5.74) is 1.56. The zero-order chi connectivity index (χ0) is 30.0. The highest BCUT2D eigenvalue weighted by Gasteiger charge is 2.27. The Balaban J connectivity index is 1.44. The first kappa shape index (κ1) is 34.4. The summed E-state index contributed by atoms with van der Waals surface area (Å²) in [6, 6.07) is 12.4. The van der Waals surface area contributed by atoms with Crippen LogP contribution in [-0.4, -0.2) is 29.4 Å². The Kier molecular flexibility index (Phi) is 15.7. The van der Waals surface area contributed by atoms with Gasteiger partial charge in [-0.15, -0.1) is 11.8 Å². The van der Waals surface area contributed by atoms with Crippen molar-refractivity contribution in [1.29, 1.82) is 0 Å². The predicted molar refractivity (Wildman–Crippen MR) is 173 cm³/mol. The zero-order valence-corrected chi connectivity index (χ0v) is 27.4. The molecule has 234 valence electrons. The lowest BCUT2D eigenvalue weighted by molar-refractivity contribution is 0.176. The van der Waals surface area contributed by atoms with Crippen molar-refractivity contribution in [1.82, 2.24) is 4.90 Å². The van der Waals surface area contributed by atoms with Crippen molar-refractivity contribution >= 4 is 19.6 Å². The van der Waals surface area contributed by atoms with Crippen LogP contribution >= 0.6 is 19.6 Å². The largest absolute Gasteiger partial charge is 0.584 e. The molecule has 1 aliphatic rings. The number of unbranched alkanes of at least 4 members (excludes halogenated alkanes) is 11. The number of phosphoric acid groups is 1. The fourth-order valence-corrected chi connectivity index (χ4v) is 6.59. The molecule has 1 aliphatic heterocycles. The maximum Gasteiger partial charge on any atom is 0.584 e. The summed E-state index contributed by atoms with van der Waals surface area (Å²) in [5, 5.41) is 0. The number of allylic oxidation sites excluding steroid dienone is 1. The highest BCUT2D eigenvalue weighted by Crippen LogP contribution is 2.47. The Morgan fingerprint density at radius 3 is 2.17 bits per heavy atom. The monoisotopic (exact) mass is 619 g/mol. The van der Waals surface area contributed by atoms with Crippen LogP contribution in [0.5, 0.6) is 17.2 Å². The van der Waals surface area contributed by atoms with Gasteiger partial charge in [0.15, 0.2) is 0 Å². The maximum absolute atomic E-state index is 13.0. The van der Waals surface area contributed by atoms with E-state index in [1.807, 2.05) is 18.2 Å². The second-order valence-corrected chi connectivity index (χ2v) is 13.5. The molecule has 2 aromatic carbocycles. The second kappa shape index (κ2) is 19.2. The first-order valence-electron chi connectivity index (χ1n) is 15.5. The quantitative estimate of drug-likeness (QED) is 0.103. The van der Waals surface area contributed by atoms with Crippen LogP contribution in [0.15, 0.2) is 53.6 Å². The summed E-state index contributed by atoms with van der Waals surface area (Å²) in [6.45, 7) is 5.79. The number of hydrogen-bond donors (Lipinski definition) is 1. The smallest absolute Gasteiger partial charge is 0.493 e. The third kappa shape index (κ3) is 13.0. The summed E-state index contributed by atoms with van der Waals surface area (Å²) in [4.78, 5) is 14.1. The van der Waals surface area contributed by atoms with Crippen molar-refractivity contribution in [3.63, 3.8) is 0 Å². The van der Waals surface area contributed by atoms with Crippen LogP contribution in [0.1, 0.15) is 102 Å². The van der Waals surface area contributed by atoms with Crippen LogP contribution in [-0.2, 0) is 22.5 Å². The highest BCUT2D eigenvalue weighted by molar-refractivity contribution is 8.03. The lowest BCUT2D eigenvalue weighted by atomic mass is 10.1. The van der Waals surface area contributed by atoms with Gasteiger partial charge in [-0.05, 0) is 48.1 Å². The zero-order valence-electron chi connectivity index (χ0n) is 25.7. The lowest BCUT2D eigenvalue weighted by Crippen LogP contribution is -2.12. The summed E-state index contributed by atoms with van der Waals surface area (Å²) >= 11 is 1.79. The maximum atomic E-state index is 13.0. The van der Waals surface area contributed by atoms with Gasteiger partial charge in [0.2, 0.25) is 0 Å². The van der Waals surface area contributed by atoms with Crippen molar-refractivity contribution in [2.24, 2.45) is 0 Å². The summed E-state index contributed by atoms with van der Waals surface area (Å²) in [7, 11) is -2.90. The molecule has 0 aromatic heterocycles. The summed E-state index contributed by atoms with van der Waals surface area (Å²) in [5.74, 6) is 1.96. The normalized spacial score (nSPS) is 14.5. The molecule has 9 heteroatoms. The van der Waals surface area contributed by atoms with Gasteiger partial charge in [0.1, 0.15) is 17.2 Å². The van der Waals surface area contributed by atoms with Gasteiger partial charge < -0.3 is 23.4 Å². The Morgan fingerprint density at radius 1 is 0.881 bits per heavy atom. The molecule has 0 aliphatic carbocycles. The summed E-state index contributed by atoms with van der Waals surface area (Å²) in [6.07, 6.45) is 17.5. The van der Waals surface area contributed by atoms with Crippen LogP contribution < -0.4 is 13.8 Å². The van der Waals surface area contributed by atoms with E-state index in [0.29, 0.717) is 24.5 Å². The van der Waals surface area contributed by atoms with E-state index in [2.05, 4.69) is 24.9 Å². The molecule has 0 radical (unpaired) electrons. The number of rotatable bonds is 22. The molecule has 1 heterocycles. The van der Waals surface area contributed by atoms with E-state index < -0.39 is 7.82 Å². The molecule has 0 saturated heterocycles. The van der Waals surface area contributed by atoms with E-state index in [0.717, 1.165) is 24.3 Å². The molecule has 1 atom stereocenters. The van der Waals surface area contributed by atoms with E-state index in [9.17, 15) is 9.46 Å². The van der Waals surface area contributed by atoms with Gasteiger partial charge in [-0.25, -0.2) is 4.57 Å². The molecule has 0 fully saturated rings. The number of thioether (sulfide) groups is 1. The van der Waals surface area contributed by atoms with Crippen LogP contribution in [0.25, 0.3) is 0 Å². The van der Waals surface area contributed by atoms with Gasteiger partial charge in [-0.2, -0.15) is 0 Å². The van der Waals surface area contributed by atoms with E-state index in [1.54, 1.807) is 43.1 Å². The first-order valence-corrected chi connectivity index (χ1v) is 18.0. The van der Waals surface area contributed by atoms with Gasteiger partial charge in [-0.1, -0.05) is 95.8 Å². The van der Waals surface area contributed by atoms with Gasteiger partial charge in [0.05, 0.1) is 24.7 Å². The molecule has 0 amide bonds. The molecule has 2 aromatic rings. The molecule has 42 heavy (non-hydrogen) atoms. The van der Waals surface area contributed by atoms with Crippen molar-refractivity contribution in [2.45, 2.75) is 104 Å². The van der Waals surface area contributed by atoms with Crippen LogP contribution in [0.4, 0.5) is 0 Å². The average Bonchev–Trinajstić information content (AvgIpc) is 3.36. The lowest BCUT2D eigenvalue weighted by Gasteiger charge is -2.19. The van der Waals surface area contributed by atoms with Gasteiger partial charge >= 0.3 is 7.82 Å². The van der Waals surface area contributed by atoms with Gasteiger partial charge in [0, 0.05) is 19.9 Å². The minimum Gasteiger partial charge on any atom is -0.493 e. The standard InChI is InChI=1S/C33H50NO6PS/c1-4-5-6-7-8-9-10-11-12-13-14-15-22-38-32-20-17-21-33(31(32)26-37-3)40-41(35,36)39-30-19-16-18-29(23-30)25-34-24-28(2)42-27-34/h16-21,23-24H,4-15,22,25-27H2,1-3H3,(H,35,36). The molecule has 1 unspecified atom stereocenters. The fraction of sp³-hybridized carbons (Fsp3) is 0.576. The second-order valence-electron chi connectivity index (χ2n) is 11.0. The van der Waals surface area contributed by atoms with Crippen molar-refractivity contribution < 1.29 is 28.0 Å². The highest BCUT2D eigenvalue weighted by atomic mass is 32.2. The van der Waals surface area contributed by atoms with E-state index >= 15 is 0 Å². The minimum atomic E-state index is -4.47. The van der Waals surface area contributed by atoms with Crippen LogP contribution in [0.3, 0.4) is 0 Å². The molecule has 0 bridgehead atoms. The van der Waals surface area contributed by atoms with Gasteiger partial charge in [-0.3, -0.25) is 4.89 Å². The molecule has 3 rings (SSSR count). The molecule has 1 N–H and O–H groups in total. The topological polar surface area (TPSA) is 77.5 Å². The Hall–Kier alpha value is -2.12. The number of hydrogen-bond acceptors (Lipinski definition) is 7. The van der Waals surface area contributed by atoms with Crippen LogP contribution in [0, 0.1) is 0 Å².